The van der Waals surface area contributed by atoms with Crippen LogP contribution in [0.2, 0.25) is 5.02 Å². The van der Waals surface area contributed by atoms with Gasteiger partial charge in [-0.05, 0) is 57.8 Å². The molecule has 25 heavy (non-hydrogen) atoms. The zero-order chi connectivity index (χ0) is 17.4. The quantitative estimate of drug-likeness (QED) is 0.842. The van der Waals surface area contributed by atoms with Gasteiger partial charge in [0.25, 0.3) is 0 Å². The summed E-state index contributed by atoms with van der Waals surface area (Å²) in [7, 11) is 0. The van der Waals surface area contributed by atoms with E-state index >= 15 is 0 Å². The topological polar surface area (TPSA) is 84.1 Å². The number of hydrogen-bond acceptors (Lipinski definition) is 6. The van der Waals surface area contributed by atoms with Gasteiger partial charge in [-0.2, -0.15) is 0 Å². The lowest BCUT2D eigenvalue weighted by Gasteiger charge is -2.26. The van der Waals surface area contributed by atoms with Gasteiger partial charge in [-0.15, -0.1) is 0 Å². The van der Waals surface area contributed by atoms with Crippen LogP contribution in [0.1, 0.15) is 49.8 Å². The molecule has 7 heteroatoms. The highest BCUT2D eigenvalue weighted by atomic mass is 35.5. The Labute approximate surface area is 152 Å². The first kappa shape index (κ1) is 16.8. The van der Waals surface area contributed by atoms with Crippen molar-refractivity contribution >= 4 is 17.5 Å². The summed E-state index contributed by atoms with van der Waals surface area (Å²) < 4.78 is 5.56. The molecule has 2 aliphatic carbocycles. The lowest BCUT2D eigenvalue weighted by atomic mass is 9.93. The zero-order valence-corrected chi connectivity index (χ0v) is 15.1. The van der Waals surface area contributed by atoms with Crippen molar-refractivity contribution in [2.45, 2.75) is 64.0 Å². The minimum atomic E-state index is -0.179. The molecule has 2 saturated carbocycles. The molecule has 0 aliphatic heterocycles. The first-order chi connectivity index (χ1) is 12.1. The van der Waals surface area contributed by atoms with E-state index in [1.165, 1.54) is 12.8 Å². The highest BCUT2D eigenvalue weighted by Crippen LogP contribution is 2.38. The number of nitrogens with zero attached hydrogens (tertiary/aromatic N) is 3. The summed E-state index contributed by atoms with van der Waals surface area (Å²) in [5.41, 5.74) is 2.62. The third-order valence-electron chi connectivity index (χ3n) is 5.16. The van der Waals surface area contributed by atoms with E-state index in [1.54, 1.807) is 6.20 Å². The Morgan fingerprint density at radius 2 is 2.00 bits per heavy atom. The normalized spacial score (nSPS) is 23.6. The molecule has 0 bridgehead atoms. The number of halogens is 1. The maximum absolute atomic E-state index is 9.64. The maximum Gasteiger partial charge on any atom is 0.223 e. The predicted molar refractivity (Wildman–Crippen MR) is 95.6 cm³/mol. The van der Waals surface area contributed by atoms with Crippen molar-refractivity contribution in [2.24, 2.45) is 5.92 Å². The molecule has 0 radical (unpaired) electrons. The third kappa shape index (κ3) is 3.80. The molecule has 2 aliphatic rings. The van der Waals surface area contributed by atoms with Crippen LogP contribution < -0.4 is 5.32 Å². The van der Waals surface area contributed by atoms with Crippen molar-refractivity contribution in [1.29, 1.82) is 0 Å². The second-order valence-electron chi connectivity index (χ2n) is 7.26. The minimum absolute atomic E-state index is 0.179. The van der Waals surface area contributed by atoms with E-state index in [0.29, 0.717) is 22.4 Å². The molecule has 4 rings (SSSR count). The Morgan fingerprint density at radius 1 is 1.24 bits per heavy atom. The van der Waals surface area contributed by atoms with Crippen LogP contribution in [-0.2, 0) is 6.42 Å². The minimum Gasteiger partial charge on any atom is -0.393 e. The Hall–Kier alpha value is -1.66. The summed E-state index contributed by atoms with van der Waals surface area (Å²) in [5.74, 6) is 1.94. The van der Waals surface area contributed by atoms with E-state index in [-0.39, 0.29) is 12.1 Å². The Bertz CT molecular complexity index is 752. The molecular weight excluding hydrogens is 340 g/mol. The SMILES string of the molecule is Cc1noc(-c2nc(N[C@H]3CC[C@H](O)CC3)ncc2Cl)c1CC1CC1. The first-order valence-electron chi connectivity index (χ1n) is 9.03. The highest BCUT2D eigenvalue weighted by molar-refractivity contribution is 6.32. The molecule has 134 valence electrons. The lowest BCUT2D eigenvalue weighted by molar-refractivity contribution is 0.126. The number of anilines is 1. The molecule has 2 N–H and O–H groups in total. The van der Waals surface area contributed by atoms with E-state index in [4.69, 9.17) is 16.1 Å². The number of aliphatic hydroxyl groups excluding tert-OH is 1. The molecule has 6 nitrogen and oxygen atoms in total. The molecule has 2 aromatic heterocycles. The summed E-state index contributed by atoms with van der Waals surface area (Å²) in [4.78, 5) is 8.92. The van der Waals surface area contributed by atoms with Crippen LogP contribution in [0.5, 0.6) is 0 Å². The summed E-state index contributed by atoms with van der Waals surface area (Å²) in [5, 5.41) is 17.6. The number of aromatic nitrogens is 3. The van der Waals surface area contributed by atoms with Crippen molar-refractivity contribution in [1.82, 2.24) is 15.1 Å². The van der Waals surface area contributed by atoms with Gasteiger partial charge in [-0.3, -0.25) is 0 Å². The van der Waals surface area contributed by atoms with Gasteiger partial charge in [0.05, 0.1) is 23.0 Å². The summed E-state index contributed by atoms with van der Waals surface area (Å²) in [6, 6.07) is 0.278. The summed E-state index contributed by atoms with van der Waals surface area (Å²) in [6.45, 7) is 1.96. The molecule has 0 spiro atoms. The fraction of sp³-hybridized carbons (Fsp3) is 0.611. The van der Waals surface area contributed by atoms with E-state index in [9.17, 15) is 5.11 Å². The molecule has 0 atom stereocenters. The molecule has 0 unspecified atom stereocenters. The number of hydrogen-bond donors (Lipinski definition) is 2. The van der Waals surface area contributed by atoms with Gasteiger partial charge in [-0.25, -0.2) is 9.97 Å². The average molecular weight is 363 g/mol. The van der Waals surface area contributed by atoms with Gasteiger partial charge in [0, 0.05) is 11.6 Å². The van der Waals surface area contributed by atoms with E-state index in [2.05, 4.69) is 20.4 Å². The maximum atomic E-state index is 9.64. The van der Waals surface area contributed by atoms with Crippen LogP contribution in [0.4, 0.5) is 5.95 Å². The molecule has 2 aromatic rings. The van der Waals surface area contributed by atoms with Gasteiger partial charge in [0.1, 0.15) is 5.69 Å². The molecule has 0 aromatic carbocycles. The van der Waals surface area contributed by atoms with Crippen LogP contribution in [-0.4, -0.2) is 32.4 Å². The third-order valence-corrected chi connectivity index (χ3v) is 5.44. The number of aliphatic hydroxyl groups is 1. The highest BCUT2D eigenvalue weighted by Gasteiger charge is 2.28. The standard InChI is InChI=1S/C18H23ClN4O2/c1-10-14(8-11-2-3-11)17(25-23-10)16-15(19)9-20-18(22-16)21-12-4-6-13(24)7-5-12/h9,11-13,24H,2-8H2,1H3,(H,20,21,22)/t12-,13-. The largest absolute Gasteiger partial charge is 0.393 e. The fourth-order valence-corrected chi connectivity index (χ4v) is 3.60. The molecule has 0 saturated heterocycles. The molecular formula is C18H23ClN4O2. The zero-order valence-electron chi connectivity index (χ0n) is 14.3. The van der Waals surface area contributed by atoms with E-state index < -0.39 is 0 Å². The molecule has 0 amide bonds. The predicted octanol–water partition coefficient (Wildman–Crippen LogP) is 3.76. The summed E-state index contributed by atoms with van der Waals surface area (Å²) >= 11 is 6.35. The Balaban J connectivity index is 1.57. The molecule has 2 fully saturated rings. The monoisotopic (exact) mass is 362 g/mol. The first-order valence-corrected chi connectivity index (χ1v) is 9.40. The Morgan fingerprint density at radius 3 is 2.72 bits per heavy atom. The van der Waals surface area contributed by atoms with Crippen molar-refractivity contribution < 1.29 is 9.63 Å². The van der Waals surface area contributed by atoms with Gasteiger partial charge < -0.3 is 14.9 Å². The molecule has 2 heterocycles. The second kappa shape index (κ2) is 6.92. The van der Waals surface area contributed by atoms with Crippen molar-refractivity contribution in [2.75, 3.05) is 5.32 Å². The van der Waals surface area contributed by atoms with Gasteiger partial charge in [0.15, 0.2) is 5.76 Å². The van der Waals surface area contributed by atoms with Crippen molar-refractivity contribution in [3.05, 3.63) is 22.5 Å². The average Bonchev–Trinajstić information content (AvgIpc) is 3.35. The van der Waals surface area contributed by atoms with Crippen LogP contribution in [0.15, 0.2) is 10.7 Å². The number of aryl methyl sites for hydroxylation is 1. The van der Waals surface area contributed by atoms with Gasteiger partial charge in [0.2, 0.25) is 5.95 Å². The van der Waals surface area contributed by atoms with Crippen molar-refractivity contribution in [3.63, 3.8) is 0 Å². The number of nitrogens with one attached hydrogen (secondary N) is 1. The van der Waals surface area contributed by atoms with Crippen molar-refractivity contribution in [3.8, 4) is 11.5 Å². The smallest absolute Gasteiger partial charge is 0.223 e. The summed E-state index contributed by atoms with van der Waals surface area (Å²) in [6.07, 6.45) is 8.38. The number of rotatable bonds is 5. The second-order valence-corrected chi connectivity index (χ2v) is 7.67. The van der Waals surface area contributed by atoms with Crippen LogP contribution in [0.25, 0.3) is 11.5 Å². The fourth-order valence-electron chi connectivity index (χ4n) is 3.42. The Kier molecular flexibility index (Phi) is 4.65. The van der Waals surface area contributed by atoms with Gasteiger partial charge in [-0.1, -0.05) is 16.8 Å². The van der Waals surface area contributed by atoms with E-state index in [1.807, 2.05) is 6.92 Å². The van der Waals surface area contributed by atoms with E-state index in [0.717, 1.165) is 49.3 Å². The lowest BCUT2D eigenvalue weighted by Crippen LogP contribution is -2.28. The van der Waals surface area contributed by atoms with Crippen LogP contribution >= 0.6 is 11.6 Å². The van der Waals surface area contributed by atoms with Crippen LogP contribution in [0.3, 0.4) is 0 Å². The van der Waals surface area contributed by atoms with Gasteiger partial charge >= 0.3 is 0 Å². The van der Waals surface area contributed by atoms with Crippen LogP contribution in [0, 0.1) is 12.8 Å².